The first-order valence-electron chi connectivity index (χ1n) is 12.9. The summed E-state index contributed by atoms with van der Waals surface area (Å²) in [6, 6.07) is 12.3. The summed E-state index contributed by atoms with van der Waals surface area (Å²) < 4.78 is 23.2. The van der Waals surface area contributed by atoms with Crippen LogP contribution in [0.2, 0.25) is 0 Å². The number of sulfonamides is 1. The van der Waals surface area contributed by atoms with Gasteiger partial charge in [0.15, 0.2) is 0 Å². The molecule has 196 valence electrons. The molecule has 1 atom stereocenters. The number of primary sulfonamides is 1. The molecule has 2 aromatic carbocycles. The number of rotatable bonds is 5. The second kappa shape index (κ2) is 9.42. The van der Waals surface area contributed by atoms with E-state index in [1.54, 1.807) is 6.08 Å². The van der Waals surface area contributed by atoms with Gasteiger partial charge >= 0.3 is 6.03 Å². The van der Waals surface area contributed by atoms with Gasteiger partial charge in [-0.05, 0) is 72.2 Å². The molecule has 4 N–H and O–H groups in total. The normalized spacial score (nSPS) is 22.3. The second-order valence-corrected chi connectivity index (χ2v) is 12.7. The second-order valence-electron chi connectivity index (χ2n) is 11.1. The van der Waals surface area contributed by atoms with Crippen molar-refractivity contribution in [1.82, 2.24) is 5.32 Å². The lowest BCUT2D eigenvalue weighted by molar-refractivity contribution is 0.241. The molecule has 1 saturated carbocycles. The average molecular weight is 522 g/mol. The van der Waals surface area contributed by atoms with E-state index in [9.17, 15) is 18.3 Å². The number of aliphatic hydroxyl groups is 1. The van der Waals surface area contributed by atoms with Gasteiger partial charge in [0.1, 0.15) is 0 Å². The predicted octanol–water partition coefficient (Wildman–Crippen LogP) is 4.63. The Hall–Kier alpha value is -2.94. The minimum atomic E-state index is -3.73. The minimum Gasteiger partial charge on any atom is -0.392 e. The molecule has 0 bridgehead atoms. The van der Waals surface area contributed by atoms with Crippen LogP contribution in [0.3, 0.4) is 0 Å². The van der Waals surface area contributed by atoms with Crippen LogP contribution in [0.1, 0.15) is 55.7 Å². The van der Waals surface area contributed by atoms with Crippen LogP contribution in [0.15, 0.2) is 59.5 Å². The Balaban J connectivity index is 1.38. The van der Waals surface area contributed by atoms with Gasteiger partial charge in [-0.1, -0.05) is 56.2 Å². The van der Waals surface area contributed by atoms with Crippen LogP contribution in [0, 0.1) is 12.3 Å². The quantitative estimate of drug-likeness (QED) is 0.532. The van der Waals surface area contributed by atoms with Crippen molar-refractivity contribution in [2.45, 2.75) is 58.0 Å². The lowest BCUT2D eigenvalue weighted by Crippen LogP contribution is -2.45. The first-order chi connectivity index (χ1) is 17.5. The van der Waals surface area contributed by atoms with Crippen molar-refractivity contribution in [3.8, 4) is 11.1 Å². The van der Waals surface area contributed by atoms with Gasteiger partial charge in [0.05, 0.1) is 11.5 Å². The predicted molar refractivity (Wildman–Crippen MR) is 146 cm³/mol. The summed E-state index contributed by atoms with van der Waals surface area (Å²) in [6.07, 6.45) is 9.90. The Morgan fingerprint density at radius 3 is 2.54 bits per heavy atom. The molecule has 2 aliphatic carbocycles. The number of nitrogens with zero attached hydrogens (tertiary/aromatic N) is 1. The molecule has 7 nitrogen and oxygen atoms in total. The summed E-state index contributed by atoms with van der Waals surface area (Å²) >= 11 is 0. The number of allylic oxidation sites excluding steroid dienone is 2. The summed E-state index contributed by atoms with van der Waals surface area (Å²) in [4.78, 5) is 15.5. The lowest BCUT2D eigenvalue weighted by atomic mass is 9.79. The molecule has 37 heavy (non-hydrogen) atoms. The number of aliphatic hydroxyl groups excluding tert-OH is 1. The van der Waals surface area contributed by atoms with Gasteiger partial charge in [0.2, 0.25) is 10.0 Å². The van der Waals surface area contributed by atoms with Crippen molar-refractivity contribution in [3.05, 3.63) is 76.2 Å². The van der Waals surface area contributed by atoms with E-state index in [1.807, 2.05) is 30.0 Å². The number of nitrogens with one attached hydrogen (secondary N) is 1. The fourth-order valence-electron chi connectivity index (χ4n) is 6.11. The van der Waals surface area contributed by atoms with Gasteiger partial charge in [-0.2, -0.15) is 0 Å². The maximum absolute atomic E-state index is 13.5. The number of amides is 2. The van der Waals surface area contributed by atoms with E-state index in [0.717, 1.165) is 53.6 Å². The van der Waals surface area contributed by atoms with E-state index >= 15 is 0 Å². The molecule has 2 amide bonds. The molecule has 1 heterocycles. The number of hydrogen-bond acceptors (Lipinski definition) is 4. The molecule has 1 unspecified atom stereocenters. The lowest BCUT2D eigenvalue weighted by Gasteiger charge is -2.30. The van der Waals surface area contributed by atoms with Gasteiger partial charge in [-0.25, -0.2) is 18.4 Å². The van der Waals surface area contributed by atoms with Crippen molar-refractivity contribution in [2.75, 3.05) is 18.0 Å². The standard InChI is InChI=1S/C29H35N3O4S/c1-20-15-21(17-33)5-7-24(20)22-6-8-26-25(16-22)29(11-3-4-12-29)19-32(26)27(34)31-18-28(2)13-9-23(10-14-28)37(30,35)36/h5-10,13,15-16,33H,3-4,11-12,14,17-19H2,1-2H3,(H,31,34)(H2,30,35,36). The topological polar surface area (TPSA) is 113 Å². The third-order valence-corrected chi connectivity index (χ3v) is 9.26. The minimum absolute atomic E-state index is 0.0244. The Morgan fingerprint density at radius 2 is 1.92 bits per heavy atom. The van der Waals surface area contributed by atoms with Crippen LogP contribution in [-0.4, -0.2) is 32.6 Å². The van der Waals surface area contributed by atoms with Crippen LogP contribution >= 0.6 is 0 Å². The summed E-state index contributed by atoms with van der Waals surface area (Å²) in [6.45, 7) is 5.14. The molecule has 0 aromatic heterocycles. The summed E-state index contributed by atoms with van der Waals surface area (Å²) in [5.74, 6) is 0. The van der Waals surface area contributed by atoms with E-state index in [1.165, 1.54) is 11.6 Å². The maximum atomic E-state index is 13.5. The third kappa shape index (κ3) is 4.85. The highest BCUT2D eigenvalue weighted by Gasteiger charge is 2.46. The molecule has 2 aromatic rings. The largest absolute Gasteiger partial charge is 0.392 e. The van der Waals surface area contributed by atoms with Crippen molar-refractivity contribution >= 4 is 21.7 Å². The molecule has 1 fully saturated rings. The van der Waals surface area contributed by atoms with Crippen molar-refractivity contribution in [2.24, 2.45) is 10.6 Å². The van der Waals surface area contributed by atoms with E-state index in [2.05, 4.69) is 36.5 Å². The highest BCUT2D eigenvalue weighted by molar-refractivity contribution is 7.93. The number of anilines is 1. The SMILES string of the molecule is Cc1cc(CO)ccc1-c1ccc2c(c1)C1(CCCC1)CN2C(=O)NCC1(C)C=CC(S(N)(=O)=O)=CC1. The Bertz CT molecular complexity index is 1410. The van der Waals surface area contributed by atoms with Crippen LogP contribution in [0.25, 0.3) is 11.1 Å². The summed E-state index contributed by atoms with van der Waals surface area (Å²) in [5.41, 5.74) is 6.08. The van der Waals surface area contributed by atoms with E-state index in [-0.39, 0.29) is 28.4 Å². The van der Waals surface area contributed by atoms with E-state index < -0.39 is 10.0 Å². The Kier molecular flexibility index (Phi) is 6.54. The molecule has 0 saturated heterocycles. The number of aryl methyl sites for hydroxylation is 1. The Labute approximate surface area is 219 Å². The molecular formula is C29H35N3O4S. The van der Waals surface area contributed by atoms with Gasteiger partial charge in [-0.15, -0.1) is 0 Å². The molecule has 0 radical (unpaired) electrons. The van der Waals surface area contributed by atoms with Crippen molar-refractivity contribution in [3.63, 3.8) is 0 Å². The summed E-state index contributed by atoms with van der Waals surface area (Å²) in [7, 11) is -3.73. The molecule has 1 spiro atoms. The van der Waals surface area contributed by atoms with Gasteiger partial charge in [-0.3, -0.25) is 4.90 Å². The van der Waals surface area contributed by atoms with Crippen LogP contribution in [0.5, 0.6) is 0 Å². The average Bonchev–Trinajstić information content (AvgIpc) is 3.47. The highest BCUT2D eigenvalue weighted by atomic mass is 32.2. The van der Waals surface area contributed by atoms with Crippen molar-refractivity contribution in [1.29, 1.82) is 0 Å². The fourth-order valence-corrected chi connectivity index (χ4v) is 6.69. The number of fused-ring (bicyclic) bond motifs is 2. The summed E-state index contributed by atoms with van der Waals surface area (Å²) in [5, 5.41) is 17.8. The zero-order valence-electron chi connectivity index (χ0n) is 21.5. The first-order valence-corrected chi connectivity index (χ1v) is 14.4. The van der Waals surface area contributed by atoms with Gasteiger partial charge in [0, 0.05) is 29.6 Å². The molecule has 1 aliphatic heterocycles. The first kappa shape index (κ1) is 25.7. The van der Waals surface area contributed by atoms with Crippen LogP contribution < -0.4 is 15.4 Å². The molecule has 8 heteroatoms. The highest BCUT2D eigenvalue weighted by Crippen LogP contribution is 2.51. The number of carbonyl (C=O) groups excluding carboxylic acids is 1. The third-order valence-electron chi connectivity index (χ3n) is 8.30. The number of nitrogens with two attached hydrogens (primary N) is 1. The monoisotopic (exact) mass is 521 g/mol. The van der Waals surface area contributed by atoms with Crippen LogP contribution in [0.4, 0.5) is 10.5 Å². The van der Waals surface area contributed by atoms with Crippen molar-refractivity contribution < 1.29 is 18.3 Å². The molecular weight excluding hydrogens is 486 g/mol. The zero-order valence-corrected chi connectivity index (χ0v) is 22.3. The zero-order chi connectivity index (χ0) is 26.4. The Morgan fingerprint density at radius 1 is 1.16 bits per heavy atom. The number of benzene rings is 2. The fraction of sp³-hybridized carbons (Fsp3) is 0.414. The number of hydrogen-bond donors (Lipinski definition) is 3. The smallest absolute Gasteiger partial charge is 0.321 e. The van der Waals surface area contributed by atoms with Crippen LogP contribution in [-0.2, 0) is 22.0 Å². The van der Waals surface area contributed by atoms with Gasteiger partial charge < -0.3 is 10.4 Å². The van der Waals surface area contributed by atoms with Gasteiger partial charge in [0.25, 0.3) is 0 Å². The maximum Gasteiger partial charge on any atom is 0.321 e. The number of urea groups is 1. The molecule has 5 rings (SSSR count). The number of carbonyl (C=O) groups is 1. The molecule has 3 aliphatic rings. The van der Waals surface area contributed by atoms with E-state index in [0.29, 0.717) is 19.5 Å². The van der Waals surface area contributed by atoms with E-state index in [4.69, 9.17) is 5.14 Å².